The van der Waals surface area contributed by atoms with Crippen LogP contribution in [0.3, 0.4) is 0 Å². The van der Waals surface area contributed by atoms with Crippen molar-refractivity contribution in [3.8, 4) is 0 Å². The highest BCUT2D eigenvalue weighted by Gasteiger charge is 1.92. The van der Waals surface area contributed by atoms with Crippen LogP contribution >= 0.6 is 0 Å². The fraction of sp³-hybridized carbons (Fsp3) is 0.455. The normalized spacial score (nSPS) is 10.1. The van der Waals surface area contributed by atoms with Crippen LogP contribution in [0, 0.1) is 0 Å². The number of hydrogen-bond donors (Lipinski definition) is 1. The first-order valence-electron chi connectivity index (χ1n) is 5.07. The lowest BCUT2D eigenvalue weighted by molar-refractivity contribution is 0.140. The van der Waals surface area contributed by atoms with E-state index in [0.717, 1.165) is 31.8 Å². The van der Waals surface area contributed by atoms with Crippen LogP contribution in [0.25, 0.3) is 0 Å². The second-order valence-corrected chi connectivity index (χ2v) is 3.06. The van der Waals surface area contributed by atoms with E-state index >= 15 is 0 Å². The predicted molar refractivity (Wildman–Crippen MR) is 59.4 cm³/mol. The van der Waals surface area contributed by atoms with E-state index in [2.05, 4.69) is 21.9 Å². The molecule has 0 spiro atoms. The van der Waals surface area contributed by atoms with Gasteiger partial charge < -0.3 is 10.1 Å². The van der Waals surface area contributed by atoms with Crippen LogP contribution in [0.5, 0.6) is 0 Å². The van der Waals surface area contributed by atoms with Gasteiger partial charge in [0.1, 0.15) is 0 Å². The Bertz CT molecular complexity index is 264. The molecule has 0 fully saturated rings. The summed E-state index contributed by atoms with van der Waals surface area (Å²) < 4.78 is 5.34. The zero-order valence-corrected chi connectivity index (χ0v) is 8.85. The summed E-state index contributed by atoms with van der Waals surface area (Å²) in [4.78, 5) is 8.13. The second-order valence-electron chi connectivity index (χ2n) is 3.06. The Kier molecular flexibility index (Phi) is 6.36. The maximum absolute atomic E-state index is 5.34. The number of ether oxygens (including phenoxy) is 1. The van der Waals surface area contributed by atoms with Crippen molar-refractivity contribution >= 4 is 0 Å². The summed E-state index contributed by atoms with van der Waals surface area (Å²) in [6, 6.07) is 0. The molecule has 1 aromatic rings. The molecule has 4 heteroatoms. The van der Waals surface area contributed by atoms with Crippen molar-refractivity contribution in [3.05, 3.63) is 36.9 Å². The van der Waals surface area contributed by atoms with Gasteiger partial charge >= 0.3 is 0 Å². The minimum Gasteiger partial charge on any atom is -0.380 e. The van der Waals surface area contributed by atoms with Gasteiger partial charge in [0.05, 0.1) is 18.9 Å². The SMILES string of the molecule is C=CCCOCCNCc1cnccn1. The smallest absolute Gasteiger partial charge is 0.0724 e. The number of nitrogens with one attached hydrogen (secondary N) is 1. The van der Waals surface area contributed by atoms with Crippen LogP contribution in [-0.2, 0) is 11.3 Å². The summed E-state index contributed by atoms with van der Waals surface area (Å²) in [6.07, 6.45) is 7.88. The summed E-state index contributed by atoms with van der Waals surface area (Å²) in [7, 11) is 0. The molecule has 0 radical (unpaired) electrons. The van der Waals surface area contributed by atoms with Gasteiger partial charge in [0, 0.05) is 31.7 Å². The molecule has 1 aromatic heterocycles. The molecule has 0 aromatic carbocycles. The highest BCUT2D eigenvalue weighted by Crippen LogP contribution is 1.88. The zero-order valence-electron chi connectivity index (χ0n) is 8.85. The third-order valence-corrected chi connectivity index (χ3v) is 1.81. The first-order chi connectivity index (χ1) is 7.43. The number of rotatable bonds is 8. The average Bonchev–Trinajstić information content (AvgIpc) is 2.29. The number of aromatic nitrogens is 2. The molecule has 0 bridgehead atoms. The fourth-order valence-corrected chi connectivity index (χ4v) is 1.05. The third kappa shape index (κ3) is 5.93. The zero-order chi connectivity index (χ0) is 10.8. The molecule has 82 valence electrons. The maximum atomic E-state index is 5.34. The molecule has 1 rings (SSSR count). The minimum absolute atomic E-state index is 0.716. The molecule has 0 aliphatic carbocycles. The highest BCUT2D eigenvalue weighted by molar-refractivity contribution is 4.93. The first kappa shape index (κ1) is 11.8. The minimum atomic E-state index is 0.716. The van der Waals surface area contributed by atoms with Gasteiger partial charge in [-0.15, -0.1) is 6.58 Å². The van der Waals surface area contributed by atoms with Gasteiger partial charge in [-0.05, 0) is 6.42 Å². The topological polar surface area (TPSA) is 47.0 Å². The molecular formula is C11H17N3O. The summed E-state index contributed by atoms with van der Waals surface area (Å²) in [5.74, 6) is 0. The summed E-state index contributed by atoms with van der Waals surface area (Å²) in [5.41, 5.74) is 0.948. The second kappa shape index (κ2) is 8.08. The van der Waals surface area contributed by atoms with E-state index in [4.69, 9.17) is 4.74 Å². The molecule has 0 amide bonds. The summed E-state index contributed by atoms with van der Waals surface area (Å²) >= 11 is 0. The molecule has 0 saturated carbocycles. The molecular weight excluding hydrogens is 190 g/mol. The van der Waals surface area contributed by atoms with Gasteiger partial charge in [0.2, 0.25) is 0 Å². The molecule has 0 atom stereocenters. The Labute approximate surface area is 90.4 Å². The van der Waals surface area contributed by atoms with Crippen molar-refractivity contribution in [1.82, 2.24) is 15.3 Å². The summed E-state index contributed by atoms with van der Waals surface area (Å²) in [5, 5.41) is 3.23. The van der Waals surface area contributed by atoms with Gasteiger partial charge in [0.25, 0.3) is 0 Å². The average molecular weight is 207 g/mol. The maximum Gasteiger partial charge on any atom is 0.0724 e. The van der Waals surface area contributed by atoms with Crippen LogP contribution in [0.1, 0.15) is 12.1 Å². The largest absolute Gasteiger partial charge is 0.380 e. The molecule has 15 heavy (non-hydrogen) atoms. The van der Waals surface area contributed by atoms with E-state index in [1.54, 1.807) is 18.6 Å². The van der Waals surface area contributed by atoms with Gasteiger partial charge in [-0.1, -0.05) is 6.08 Å². The number of nitrogens with zero attached hydrogens (tertiary/aromatic N) is 2. The van der Waals surface area contributed by atoms with E-state index in [0.29, 0.717) is 6.61 Å². The standard InChI is InChI=1S/C11H17N3O/c1-2-3-7-15-8-6-13-10-11-9-12-4-5-14-11/h2,4-5,9,13H,1,3,6-8,10H2. The van der Waals surface area contributed by atoms with Crippen LogP contribution in [-0.4, -0.2) is 29.7 Å². The Balaban J connectivity index is 1.95. The Morgan fingerprint density at radius 2 is 2.33 bits per heavy atom. The van der Waals surface area contributed by atoms with Crippen molar-refractivity contribution in [1.29, 1.82) is 0 Å². The lowest BCUT2D eigenvalue weighted by atomic mass is 10.4. The number of hydrogen-bond acceptors (Lipinski definition) is 4. The molecule has 1 N–H and O–H groups in total. The molecule has 0 aliphatic heterocycles. The van der Waals surface area contributed by atoms with Gasteiger partial charge in [-0.2, -0.15) is 0 Å². The van der Waals surface area contributed by atoms with Crippen molar-refractivity contribution in [2.45, 2.75) is 13.0 Å². The summed E-state index contributed by atoms with van der Waals surface area (Å²) in [6.45, 7) is 6.65. The Hall–Kier alpha value is -1.26. The van der Waals surface area contributed by atoms with Crippen molar-refractivity contribution < 1.29 is 4.74 Å². The third-order valence-electron chi connectivity index (χ3n) is 1.81. The van der Waals surface area contributed by atoms with E-state index < -0.39 is 0 Å². The van der Waals surface area contributed by atoms with Crippen LogP contribution in [0.2, 0.25) is 0 Å². The lowest BCUT2D eigenvalue weighted by Gasteiger charge is -2.04. The molecule has 0 aliphatic rings. The van der Waals surface area contributed by atoms with E-state index in [1.165, 1.54) is 0 Å². The van der Waals surface area contributed by atoms with Gasteiger partial charge in [-0.3, -0.25) is 9.97 Å². The first-order valence-corrected chi connectivity index (χ1v) is 5.07. The quantitative estimate of drug-likeness (QED) is 0.513. The van der Waals surface area contributed by atoms with E-state index in [-0.39, 0.29) is 0 Å². The lowest BCUT2D eigenvalue weighted by Crippen LogP contribution is -2.20. The molecule has 1 heterocycles. The van der Waals surface area contributed by atoms with Crippen molar-refractivity contribution in [2.24, 2.45) is 0 Å². The van der Waals surface area contributed by atoms with Crippen molar-refractivity contribution in [2.75, 3.05) is 19.8 Å². The predicted octanol–water partition coefficient (Wildman–Crippen LogP) is 1.16. The highest BCUT2D eigenvalue weighted by atomic mass is 16.5. The van der Waals surface area contributed by atoms with Crippen LogP contribution in [0.4, 0.5) is 0 Å². The van der Waals surface area contributed by atoms with E-state index in [9.17, 15) is 0 Å². The van der Waals surface area contributed by atoms with Gasteiger partial charge in [0.15, 0.2) is 0 Å². The fourth-order valence-electron chi connectivity index (χ4n) is 1.05. The monoisotopic (exact) mass is 207 g/mol. The molecule has 0 saturated heterocycles. The van der Waals surface area contributed by atoms with E-state index in [1.807, 2.05) is 6.08 Å². The van der Waals surface area contributed by atoms with Crippen molar-refractivity contribution in [3.63, 3.8) is 0 Å². The molecule has 0 unspecified atom stereocenters. The van der Waals surface area contributed by atoms with Crippen LogP contribution < -0.4 is 5.32 Å². The molecule has 4 nitrogen and oxygen atoms in total. The van der Waals surface area contributed by atoms with Gasteiger partial charge in [-0.25, -0.2) is 0 Å². The van der Waals surface area contributed by atoms with Crippen LogP contribution in [0.15, 0.2) is 31.2 Å². The Morgan fingerprint density at radius 1 is 1.40 bits per heavy atom. The Morgan fingerprint density at radius 3 is 3.07 bits per heavy atom.